The monoisotopic (exact) mass is 205 g/mol. The zero-order chi connectivity index (χ0) is 9.23. The van der Waals surface area contributed by atoms with E-state index in [-0.39, 0.29) is 0 Å². The minimum Gasteiger partial charge on any atom is -0.272 e. The molecule has 1 nitrogen and oxygen atoms in total. The third kappa shape index (κ3) is 7.04. The highest BCUT2D eigenvalue weighted by molar-refractivity contribution is 8.38. The van der Waals surface area contributed by atoms with Gasteiger partial charge in [-0.2, -0.15) is 0 Å². The number of aliphatic imine (C=N–C) groups is 1. The zero-order valence-electron chi connectivity index (χ0n) is 8.30. The first-order chi connectivity index (χ1) is 5.85. The second-order valence-corrected chi connectivity index (χ2v) is 4.46. The summed E-state index contributed by atoms with van der Waals surface area (Å²) >= 11 is 3.49. The molecule has 0 aromatic carbocycles. The molecule has 0 saturated carbocycles. The van der Waals surface area contributed by atoms with Gasteiger partial charge in [-0.3, -0.25) is 4.99 Å². The third-order valence-corrected chi connectivity index (χ3v) is 3.56. The lowest BCUT2D eigenvalue weighted by molar-refractivity contribution is 0.676. The van der Waals surface area contributed by atoms with Crippen molar-refractivity contribution in [3.8, 4) is 0 Å². The Morgan fingerprint density at radius 2 is 1.75 bits per heavy atom. The van der Waals surface area contributed by atoms with E-state index in [0.29, 0.717) is 0 Å². The number of thioether (sulfide) groups is 2. The van der Waals surface area contributed by atoms with E-state index in [9.17, 15) is 0 Å². The lowest BCUT2D eigenvalue weighted by atomic mass is 10.2. The Morgan fingerprint density at radius 1 is 1.08 bits per heavy atom. The molecule has 0 aliphatic carbocycles. The average molecular weight is 205 g/mol. The minimum atomic E-state index is 1.01. The van der Waals surface area contributed by atoms with Crippen molar-refractivity contribution in [2.45, 2.75) is 32.6 Å². The summed E-state index contributed by atoms with van der Waals surface area (Å²) < 4.78 is 1.21. The first-order valence-electron chi connectivity index (χ1n) is 4.47. The van der Waals surface area contributed by atoms with Gasteiger partial charge in [0.05, 0.1) is 0 Å². The van der Waals surface area contributed by atoms with E-state index in [1.807, 2.05) is 0 Å². The van der Waals surface area contributed by atoms with Gasteiger partial charge in [-0.1, -0.05) is 26.2 Å². The summed E-state index contributed by atoms with van der Waals surface area (Å²) in [5.41, 5.74) is 0. The van der Waals surface area contributed by atoms with Gasteiger partial charge in [0.1, 0.15) is 4.38 Å². The van der Waals surface area contributed by atoms with Crippen LogP contribution in [0.5, 0.6) is 0 Å². The highest BCUT2D eigenvalue weighted by Gasteiger charge is 1.92. The minimum absolute atomic E-state index is 1.01. The standard InChI is InChI=1S/C9H19NS2/c1-4-5-6-7-8-10-9(11-2)12-3/h4-8H2,1-3H3. The Balaban J connectivity index is 3.31. The van der Waals surface area contributed by atoms with Gasteiger partial charge in [0.15, 0.2) is 0 Å². The maximum Gasteiger partial charge on any atom is 0.124 e. The molecule has 0 aliphatic rings. The van der Waals surface area contributed by atoms with Gasteiger partial charge in [-0.25, -0.2) is 0 Å². The molecule has 72 valence electrons. The zero-order valence-corrected chi connectivity index (χ0v) is 9.93. The molecular formula is C9H19NS2. The van der Waals surface area contributed by atoms with Crippen molar-refractivity contribution < 1.29 is 0 Å². The number of hydrogen-bond donors (Lipinski definition) is 0. The smallest absolute Gasteiger partial charge is 0.124 e. The van der Waals surface area contributed by atoms with Crippen molar-refractivity contribution >= 4 is 27.9 Å². The molecule has 0 spiro atoms. The molecule has 0 radical (unpaired) electrons. The number of rotatable bonds is 5. The van der Waals surface area contributed by atoms with Gasteiger partial charge >= 0.3 is 0 Å². The van der Waals surface area contributed by atoms with Crippen molar-refractivity contribution in [2.24, 2.45) is 4.99 Å². The van der Waals surface area contributed by atoms with E-state index in [1.54, 1.807) is 23.5 Å². The summed E-state index contributed by atoms with van der Waals surface area (Å²) in [6, 6.07) is 0. The molecule has 0 atom stereocenters. The second kappa shape index (κ2) is 9.46. The van der Waals surface area contributed by atoms with E-state index in [4.69, 9.17) is 0 Å². The fourth-order valence-corrected chi connectivity index (χ4v) is 2.03. The predicted molar refractivity (Wildman–Crippen MR) is 63.5 cm³/mol. The van der Waals surface area contributed by atoms with Gasteiger partial charge in [-0.15, -0.1) is 23.5 Å². The van der Waals surface area contributed by atoms with Crippen molar-refractivity contribution in [2.75, 3.05) is 19.1 Å². The summed E-state index contributed by atoms with van der Waals surface area (Å²) in [7, 11) is 0. The fourth-order valence-electron chi connectivity index (χ4n) is 0.921. The number of nitrogens with zero attached hydrogens (tertiary/aromatic N) is 1. The summed E-state index contributed by atoms with van der Waals surface area (Å²) in [6.45, 7) is 3.25. The Labute approximate surface area is 84.8 Å². The largest absolute Gasteiger partial charge is 0.272 e. The fraction of sp³-hybridized carbons (Fsp3) is 0.889. The predicted octanol–water partition coefficient (Wildman–Crippen LogP) is 3.65. The van der Waals surface area contributed by atoms with Crippen LogP contribution in [-0.2, 0) is 0 Å². The molecule has 0 fully saturated rings. The van der Waals surface area contributed by atoms with Gasteiger partial charge in [0.25, 0.3) is 0 Å². The molecule has 3 heteroatoms. The lowest BCUT2D eigenvalue weighted by Crippen LogP contribution is -1.87. The molecule has 0 aliphatic heterocycles. The van der Waals surface area contributed by atoms with Gasteiger partial charge in [-0.05, 0) is 18.9 Å². The Morgan fingerprint density at radius 3 is 2.25 bits per heavy atom. The SMILES string of the molecule is CCCCCCN=C(SC)SC. The van der Waals surface area contributed by atoms with Crippen LogP contribution in [0.15, 0.2) is 4.99 Å². The van der Waals surface area contributed by atoms with Gasteiger partial charge < -0.3 is 0 Å². The Hall–Kier alpha value is 0.370. The van der Waals surface area contributed by atoms with E-state index < -0.39 is 0 Å². The van der Waals surface area contributed by atoms with Crippen molar-refractivity contribution in [3.63, 3.8) is 0 Å². The Bertz CT molecular complexity index is 118. The van der Waals surface area contributed by atoms with Crippen LogP contribution in [0.25, 0.3) is 0 Å². The van der Waals surface area contributed by atoms with Gasteiger partial charge in [0, 0.05) is 6.54 Å². The molecule has 0 aromatic rings. The highest BCUT2D eigenvalue weighted by Crippen LogP contribution is 2.11. The topological polar surface area (TPSA) is 12.4 Å². The summed E-state index contributed by atoms with van der Waals surface area (Å²) in [5, 5.41) is 0. The van der Waals surface area contributed by atoms with Crippen LogP contribution in [0.4, 0.5) is 0 Å². The van der Waals surface area contributed by atoms with E-state index in [2.05, 4.69) is 24.4 Å². The summed E-state index contributed by atoms with van der Waals surface area (Å²) in [5.74, 6) is 0. The third-order valence-electron chi connectivity index (χ3n) is 1.60. The second-order valence-electron chi connectivity index (χ2n) is 2.62. The molecule has 0 bridgehead atoms. The normalized spacial score (nSPS) is 9.92. The van der Waals surface area contributed by atoms with Crippen LogP contribution >= 0.6 is 23.5 Å². The van der Waals surface area contributed by atoms with Crippen LogP contribution in [-0.4, -0.2) is 23.4 Å². The van der Waals surface area contributed by atoms with Crippen molar-refractivity contribution in [1.82, 2.24) is 0 Å². The first-order valence-corrected chi connectivity index (χ1v) is 6.92. The molecule has 0 unspecified atom stereocenters. The molecule has 0 amide bonds. The quantitative estimate of drug-likeness (QED) is 0.386. The van der Waals surface area contributed by atoms with Crippen LogP contribution in [0.1, 0.15) is 32.6 Å². The van der Waals surface area contributed by atoms with Crippen molar-refractivity contribution in [1.29, 1.82) is 0 Å². The molecule has 0 N–H and O–H groups in total. The van der Waals surface area contributed by atoms with E-state index >= 15 is 0 Å². The van der Waals surface area contributed by atoms with Crippen LogP contribution < -0.4 is 0 Å². The van der Waals surface area contributed by atoms with Crippen LogP contribution in [0.2, 0.25) is 0 Å². The van der Waals surface area contributed by atoms with Crippen LogP contribution in [0, 0.1) is 0 Å². The molecule has 0 heterocycles. The lowest BCUT2D eigenvalue weighted by Gasteiger charge is -1.98. The molecule has 12 heavy (non-hydrogen) atoms. The maximum absolute atomic E-state index is 4.48. The van der Waals surface area contributed by atoms with Gasteiger partial charge in [0.2, 0.25) is 0 Å². The Kier molecular flexibility index (Phi) is 9.75. The van der Waals surface area contributed by atoms with Crippen LogP contribution in [0.3, 0.4) is 0 Å². The van der Waals surface area contributed by atoms with E-state index in [0.717, 1.165) is 6.54 Å². The summed E-state index contributed by atoms with van der Waals surface area (Å²) in [4.78, 5) is 4.48. The highest BCUT2D eigenvalue weighted by atomic mass is 32.2. The molecule has 0 saturated heterocycles. The molecular weight excluding hydrogens is 186 g/mol. The summed E-state index contributed by atoms with van der Waals surface area (Å²) in [6.07, 6.45) is 9.41. The number of hydrogen-bond acceptors (Lipinski definition) is 3. The molecule has 0 rings (SSSR count). The number of unbranched alkanes of at least 4 members (excludes halogenated alkanes) is 3. The molecule has 0 aromatic heterocycles. The maximum atomic E-state index is 4.48. The van der Waals surface area contributed by atoms with Crippen molar-refractivity contribution in [3.05, 3.63) is 0 Å². The van der Waals surface area contributed by atoms with E-state index in [1.165, 1.54) is 30.1 Å². The first kappa shape index (κ1) is 12.4. The average Bonchev–Trinajstić information content (AvgIpc) is 2.11.